The number of carbonyl (C=O) groups excluding carboxylic acids is 3. The number of esters is 2. The second-order valence-electron chi connectivity index (χ2n) is 6.87. The van der Waals surface area contributed by atoms with Crippen LogP contribution in [0.5, 0.6) is 11.5 Å². The maximum Gasteiger partial charge on any atom is 0.363 e. The van der Waals surface area contributed by atoms with Gasteiger partial charge < -0.3 is 18.9 Å². The molecule has 0 bridgehead atoms. The van der Waals surface area contributed by atoms with E-state index < -0.39 is 23.5 Å². The third-order valence-corrected chi connectivity index (χ3v) is 5.30. The highest BCUT2D eigenvalue weighted by molar-refractivity contribution is 6.30. The molecule has 2 aromatic carbocycles. The number of hydrogen-bond acceptors (Lipinski definition) is 7. The molecule has 0 saturated heterocycles. The minimum Gasteiger partial charge on any atom is -0.497 e. The van der Waals surface area contributed by atoms with Gasteiger partial charge in [-0.2, -0.15) is 0 Å². The lowest BCUT2D eigenvalue weighted by Crippen LogP contribution is -2.55. The lowest BCUT2D eigenvalue weighted by Gasteiger charge is -2.29. The van der Waals surface area contributed by atoms with Gasteiger partial charge in [0.2, 0.25) is 0 Å². The van der Waals surface area contributed by atoms with Gasteiger partial charge in [-0.15, -0.1) is 0 Å². The Morgan fingerprint density at radius 1 is 1.00 bits per heavy atom. The Balaban J connectivity index is 2.07. The van der Waals surface area contributed by atoms with Gasteiger partial charge in [-0.3, -0.25) is 4.79 Å². The smallest absolute Gasteiger partial charge is 0.363 e. The zero-order valence-corrected chi connectivity index (χ0v) is 18.2. The van der Waals surface area contributed by atoms with Gasteiger partial charge in [-0.05, 0) is 56.3 Å². The molecular weight excluding hydrogens is 424 g/mol. The summed E-state index contributed by atoms with van der Waals surface area (Å²) in [5.74, 6) is -2.21. The number of carbonyl (C=O) groups is 3. The van der Waals surface area contributed by atoms with E-state index in [9.17, 15) is 14.4 Å². The van der Waals surface area contributed by atoms with Crippen LogP contribution in [0.3, 0.4) is 0 Å². The van der Waals surface area contributed by atoms with Gasteiger partial charge in [0.25, 0.3) is 0 Å². The van der Waals surface area contributed by atoms with Gasteiger partial charge in [0.1, 0.15) is 11.5 Å². The Kier molecular flexibility index (Phi) is 6.85. The molecule has 1 heterocycles. The maximum atomic E-state index is 13.1. The molecule has 1 aliphatic heterocycles. The van der Waals surface area contributed by atoms with E-state index >= 15 is 0 Å². The molecule has 31 heavy (non-hydrogen) atoms. The van der Waals surface area contributed by atoms with Crippen molar-refractivity contribution in [2.75, 3.05) is 20.3 Å². The first-order chi connectivity index (χ1) is 14.9. The van der Waals surface area contributed by atoms with Gasteiger partial charge >= 0.3 is 17.5 Å². The normalized spacial score (nSPS) is 16.1. The summed E-state index contributed by atoms with van der Waals surface area (Å²) in [6.07, 6.45) is -0.197. The minimum atomic E-state index is -2.14. The monoisotopic (exact) mass is 446 g/mol. The molecule has 3 rings (SSSR count). The molecule has 2 aromatic rings. The number of benzene rings is 2. The lowest BCUT2D eigenvalue weighted by molar-refractivity contribution is -0.180. The maximum absolute atomic E-state index is 13.1. The molecule has 7 nitrogen and oxygen atoms in total. The average Bonchev–Trinajstić information content (AvgIpc) is 3.08. The van der Waals surface area contributed by atoms with Gasteiger partial charge in [0.15, 0.2) is 5.78 Å². The highest BCUT2D eigenvalue weighted by Gasteiger charge is 2.63. The number of halogens is 1. The van der Waals surface area contributed by atoms with Crippen molar-refractivity contribution < 1.29 is 33.3 Å². The summed E-state index contributed by atoms with van der Waals surface area (Å²) in [6.45, 7) is 3.29. The molecule has 0 aromatic heterocycles. The number of Topliss-reactive ketones (excluding diaryl/α,β-unsaturated/α-hetero) is 1. The fourth-order valence-electron chi connectivity index (χ4n) is 3.61. The van der Waals surface area contributed by atoms with Crippen LogP contribution in [0.15, 0.2) is 42.5 Å². The van der Waals surface area contributed by atoms with Crippen LogP contribution in [0.1, 0.15) is 42.1 Å². The van der Waals surface area contributed by atoms with E-state index in [2.05, 4.69) is 0 Å². The largest absolute Gasteiger partial charge is 0.497 e. The lowest BCUT2D eigenvalue weighted by atomic mass is 9.79. The first-order valence-electron chi connectivity index (χ1n) is 9.87. The first kappa shape index (κ1) is 22.6. The van der Waals surface area contributed by atoms with E-state index in [-0.39, 0.29) is 31.2 Å². The van der Waals surface area contributed by atoms with Crippen LogP contribution < -0.4 is 9.47 Å². The predicted octanol–water partition coefficient (Wildman–Crippen LogP) is 3.96. The molecule has 0 saturated carbocycles. The Morgan fingerprint density at radius 2 is 1.61 bits per heavy atom. The van der Waals surface area contributed by atoms with Crippen molar-refractivity contribution >= 4 is 29.3 Å². The van der Waals surface area contributed by atoms with E-state index in [1.165, 1.54) is 7.11 Å². The molecule has 164 valence electrons. The third kappa shape index (κ3) is 4.23. The fraction of sp³-hybridized carbons (Fsp3) is 0.348. The standard InChI is InChI=1S/C23H23ClO7/c1-4-29-21(26)23(22(27)30-5-2)18(17-12-15(24)8-11-20(17)31-23)13-19(25)14-6-9-16(28-3)10-7-14/h6-12,18H,4-5,13H2,1-3H3. The predicted molar refractivity (Wildman–Crippen MR) is 113 cm³/mol. The van der Waals surface area contributed by atoms with Gasteiger partial charge in [0, 0.05) is 22.6 Å². The van der Waals surface area contributed by atoms with Crippen LogP contribution in [-0.2, 0) is 19.1 Å². The Morgan fingerprint density at radius 3 is 2.16 bits per heavy atom. The quantitative estimate of drug-likeness (QED) is 0.344. The highest BCUT2D eigenvalue weighted by Crippen LogP contribution is 2.49. The van der Waals surface area contributed by atoms with Crippen molar-refractivity contribution in [1.82, 2.24) is 0 Å². The van der Waals surface area contributed by atoms with Crippen molar-refractivity contribution in [1.29, 1.82) is 0 Å². The molecule has 0 aliphatic carbocycles. The summed E-state index contributed by atoms with van der Waals surface area (Å²) >= 11 is 6.16. The average molecular weight is 447 g/mol. The number of methoxy groups -OCH3 is 1. The van der Waals surface area contributed by atoms with Crippen molar-refractivity contribution in [2.45, 2.75) is 31.8 Å². The zero-order valence-electron chi connectivity index (χ0n) is 17.5. The van der Waals surface area contributed by atoms with E-state index in [4.69, 9.17) is 30.5 Å². The van der Waals surface area contributed by atoms with Crippen molar-refractivity contribution in [3.05, 3.63) is 58.6 Å². The number of ether oxygens (including phenoxy) is 4. The van der Waals surface area contributed by atoms with E-state index in [1.54, 1.807) is 56.3 Å². The third-order valence-electron chi connectivity index (χ3n) is 5.07. The zero-order chi connectivity index (χ0) is 22.6. The van der Waals surface area contributed by atoms with E-state index in [0.29, 0.717) is 21.9 Å². The molecule has 0 amide bonds. The van der Waals surface area contributed by atoms with Crippen molar-refractivity contribution in [3.8, 4) is 11.5 Å². The Hall–Kier alpha value is -3.06. The Labute approximate surface area is 185 Å². The van der Waals surface area contributed by atoms with Gasteiger partial charge in [-0.25, -0.2) is 9.59 Å². The molecule has 1 atom stereocenters. The van der Waals surface area contributed by atoms with Crippen LogP contribution >= 0.6 is 11.6 Å². The van der Waals surface area contributed by atoms with Crippen molar-refractivity contribution in [3.63, 3.8) is 0 Å². The van der Waals surface area contributed by atoms with E-state index in [0.717, 1.165) is 0 Å². The SMILES string of the molecule is CCOC(=O)C1(C(=O)OCC)Oc2ccc(Cl)cc2C1CC(=O)c1ccc(OC)cc1. The molecule has 1 unspecified atom stereocenters. The number of ketones is 1. The molecule has 0 radical (unpaired) electrons. The minimum absolute atomic E-state index is 0.0274. The first-order valence-corrected chi connectivity index (χ1v) is 10.2. The van der Waals surface area contributed by atoms with Crippen LogP contribution in [0.2, 0.25) is 5.02 Å². The topological polar surface area (TPSA) is 88.1 Å². The van der Waals surface area contributed by atoms with Gasteiger partial charge in [0.05, 0.1) is 26.2 Å². The summed E-state index contributed by atoms with van der Waals surface area (Å²) in [5.41, 5.74) is -1.27. The fourth-order valence-corrected chi connectivity index (χ4v) is 3.79. The summed E-state index contributed by atoms with van der Waals surface area (Å²) in [7, 11) is 1.53. The number of hydrogen-bond donors (Lipinski definition) is 0. The van der Waals surface area contributed by atoms with Crippen LogP contribution in [0.25, 0.3) is 0 Å². The number of fused-ring (bicyclic) bond motifs is 1. The van der Waals surface area contributed by atoms with Crippen LogP contribution in [0, 0.1) is 0 Å². The molecule has 1 aliphatic rings. The molecular formula is C23H23ClO7. The highest BCUT2D eigenvalue weighted by atomic mass is 35.5. The second kappa shape index (κ2) is 9.39. The molecule has 8 heteroatoms. The molecule has 0 N–H and O–H groups in total. The summed E-state index contributed by atoms with van der Waals surface area (Å²) in [4.78, 5) is 39.2. The summed E-state index contributed by atoms with van der Waals surface area (Å²) < 4.78 is 21.4. The molecule has 0 fully saturated rings. The van der Waals surface area contributed by atoms with Crippen LogP contribution in [0.4, 0.5) is 0 Å². The summed E-state index contributed by atoms with van der Waals surface area (Å²) in [6, 6.07) is 11.3. The molecule has 0 spiro atoms. The van der Waals surface area contributed by atoms with E-state index in [1.807, 2.05) is 0 Å². The van der Waals surface area contributed by atoms with Gasteiger partial charge in [-0.1, -0.05) is 11.6 Å². The summed E-state index contributed by atoms with van der Waals surface area (Å²) in [5, 5.41) is 0.382. The number of rotatable bonds is 8. The van der Waals surface area contributed by atoms with Crippen molar-refractivity contribution in [2.24, 2.45) is 0 Å². The second-order valence-corrected chi connectivity index (χ2v) is 7.31. The Bertz CT molecular complexity index is 966. The van der Waals surface area contributed by atoms with Crippen LogP contribution in [-0.4, -0.2) is 43.6 Å².